The number of nitrogens with one attached hydrogen (secondary N) is 2. The third-order valence-corrected chi connectivity index (χ3v) is 4.42. The second-order valence-corrected chi connectivity index (χ2v) is 6.24. The first kappa shape index (κ1) is 13.1. The number of hydrogen-bond donors (Lipinski definition) is 3. The molecule has 18 heavy (non-hydrogen) atoms. The first-order valence-corrected chi connectivity index (χ1v) is 7.29. The highest BCUT2D eigenvalue weighted by molar-refractivity contribution is 9.10. The highest BCUT2D eigenvalue weighted by Gasteiger charge is 2.14. The monoisotopic (exact) mass is 330 g/mol. The van der Waals surface area contributed by atoms with Crippen molar-refractivity contribution in [1.29, 1.82) is 0 Å². The quantitative estimate of drug-likeness (QED) is 0.734. The Bertz CT molecular complexity index is 640. The molecule has 0 aliphatic heterocycles. The lowest BCUT2D eigenvalue weighted by Crippen LogP contribution is -2.23. The van der Waals surface area contributed by atoms with Crippen molar-refractivity contribution >= 4 is 31.6 Å². The molecule has 0 radical (unpaired) electrons. The molecule has 1 heterocycles. The summed E-state index contributed by atoms with van der Waals surface area (Å²) in [6.45, 7) is 0.175. The first-order valence-electron chi connectivity index (χ1n) is 5.01. The van der Waals surface area contributed by atoms with Gasteiger partial charge in [-0.2, -0.15) is 5.10 Å². The molecular weight excluding hydrogens is 320 g/mol. The maximum Gasteiger partial charge on any atom is 0.240 e. The van der Waals surface area contributed by atoms with Crippen molar-refractivity contribution in [3.63, 3.8) is 0 Å². The molecule has 0 amide bonds. The molecule has 0 unspecified atom stereocenters. The van der Waals surface area contributed by atoms with E-state index in [1.54, 1.807) is 18.5 Å². The number of halogens is 1. The third-order valence-electron chi connectivity index (χ3n) is 2.30. The SMILES string of the molecule is Nc1cc(S(=O)(=O)NCc2cn[nH]c2)ccc1Br. The average molecular weight is 331 g/mol. The summed E-state index contributed by atoms with van der Waals surface area (Å²) in [5.41, 5.74) is 6.78. The van der Waals surface area contributed by atoms with Crippen LogP contribution in [0.2, 0.25) is 0 Å². The lowest BCUT2D eigenvalue weighted by molar-refractivity contribution is 0.581. The van der Waals surface area contributed by atoms with E-state index in [1.165, 1.54) is 12.1 Å². The van der Waals surface area contributed by atoms with Crippen molar-refractivity contribution in [2.45, 2.75) is 11.4 Å². The summed E-state index contributed by atoms with van der Waals surface area (Å²) in [6, 6.07) is 4.49. The predicted octanol–water partition coefficient (Wildman–Crippen LogP) is 1.23. The number of hydrogen-bond acceptors (Lipinski definition) is 4. The molecule has 1 aromatic carbocycles. The van der Waals surface area contributed by atoms with Gasteiger partial charge < -0.3 is 5.73 Å². The Morgan fingerprint density at radius 3 is 2.83 bits per heavy atom. The molecule has 2 rings (SSSR count). The van der Waals surface area contributed by atoms with E-state index in [4.69, 9.17) is 5.73 Å². The number of rotatable bonds is 4. The smallest absolute Gasteiger partial charge is 0.240 e. The van der Waals surface area contributed by atoms with Gasteiger partial charge in [0.15, 0.2) is 0 Å². The second kappa shape index (κ2) is 5.09. The number of anilines is 1. The highest BCUT2D eigenvalue weighted by atomic mass is 79.9. The number of aromatic nitrogens is 2. The van der Waals surface area contributed by atoms with Crippen LogP contribution in [0.4, 0.5) is 5.69 Å². The molecule has 0 spiro atoms. The zero-order valence-corrected chi connectivity index (χ0v) is 11.6. The fraction of sp³-hybridized carbons (Fsp3) is 0.100. The molecule has 0 aliphatic carbocycles. The number of sulfonamides is 1. The van der Waals surface area contributed by atoms with E-state index in [1.807, 2.05) is 0 Å². The standard InChI is InChI=1S/C10H11BrN4O2S/c11-9-2-1-8(3-10(9)12)18(16,17)15-6-7-4-13-14-5-7/h1-5,15H,6,12H2,(H,13,14). The molecule has 6 nitrogen and oxygen atoms in total. The topological polar surface area (TPSA) is 101 Å². The van der Waals surface area contributed by atoms with Gasteiger partial charge in [-0.3, -0.25) is 5.10 Å². The van der Waals surface area contributed by atoms with Crippen molar-refractivity contribution in [2.24, 2.45) is 0 Å². The summed E-state index contributed by atoms with van der Waals surface area (Å²) in [7, 11) is -3.57. The molecule has 1 aromatic heterocycles. The molecule has 0 bridgehead atoms. The van der Waals surface area contributed by atoms with E-state index in [0.717, 1.165) is 5.56 Å². The van der Waals surface area contributed by atoms with Gasteiger partial charge in [0.25, 0.3) is 0 Å². The Kier molecular flexibility index (Phi) is 3.69. The van der Waals surface area contributed by atoms with E-state index in [-0.39, 0.29) is 11.4 Å². The summed E-state index contributed by atoms with van der Waals surface area (Å²) in [5, 5.41) is 6.35. The minimum absolute atomic E-state index is 0.131. The number of benzene rings is 1. The Morgan fingerprint density at radius 2 is 2.22 bits per heavy atom. The van der Waals surface area contributed by atoms with Crippen LogP contribution in [0, 0.1) is 0 Å². The van der Waals surface area contributed by atoms with Gasteiger partial charge in [-0.1, -0.05) is 0 Å². The van der Waals surface area contributed by atoms with Crippen LogP contribution < -0.4 is 10.5 Å². The van der Waals surface area contributed by atoms with Crippen LogP contribution in [0.15, 0.2) is 40.0 Å². The Labute approximate surface area is 113 Å². The zero-order valence-electron chi connectivity index (χ0n) is 9.22. The van der Waals surface area contributed by atoms with E-state index in [2.05, 4.69) is 30.8 Å². The lowest BCUT2D eigenvalue weighted by atomic mass is 10.3. The van der Waals surface area contributed by atoms with Crippen molar-refractivity contribution in [2.75, 3.05) is 5.73 Å². The van der Waals surface area contributed by atoms with E-state index in [0.29, 0.717) is 10.2 Å². The Balaban J connectivity index is 2.17. The van der Waals surface area contributed by atoms with Crippen LogP contribution in [-0.4, -0.2) is 18.6 Å². The summed E-state index contributed by atoms with van der Waals surface area (Å²) in [4.78, 5) is 0.131. The van der Waals surface area contributed by atoms with Gasteiger partial charge in [-0.25, -0.2) is 13.1 Å². The van der Waals surface area contributed by atoms with Crippen molar-refractivity contribution in [3.05, 3.63) is 40.6 Å². The Morgan fingerprint density at radius 1 is 1.44 bits per heavy atom. The van der Waals surface area contributed by atoms with Gasteiger partial charge in [-0.05, 0) is 34.1 Å². The van der Waals surface area contributed by atoms with Crippen LogP contribution >= 0.6 is 15.9 Å². The molecule has 0 atom stereocenters. The van der Waals surface area contributed by atoms with Crippen LogP contribution in [0.1, 0.15) is 5.56 Å². The molecular formula is C10H11BrN4O2S. The largest absolute Gasteiger partial charge is 0.398 e. The van der Waals surface area contributed by atoms with Gasteiger partial charge in [0.2, 0.25) is 10.0 Å². The number of H-pyrrole nitrogens is 1. The van der Waals surface area contributed by atoms with Gasteiger partial charge in [-0.15, -0.1) is 0 Å². The molecule has 0 aliphatic rings. The van der Waals surface area contributed by atoms with E-state index in [9.17, 15) is 8.42 Å². The summed E-state index contributed by atoms with van der Waals surface area (Å²) < 4.78 is 27.1. The molecule has 2 aromatic rings. The molecule has 0 fully saturated rings. The number of nitrogens with two attached hydrogens (primary N) is 1. The van der Waals surface area contributed by atoms with E-state index >= 15 is 0 Å². The van der Waals surface area contributed by atoms with Crippen molar-refractivity contribution < 1.29 is 8.42 Å². The normalized spacial score (nSPS) is 11.6. The van der Waals surface area contributed by atoms with Crippen LogP contribution in [0.25, 0.3) is 0 Å². The van der Waals surface area contributed by atoms with Crippen LogP contribution in [0.3, 0.4) is 0 Å². The summed E-state index contributed by atoms with van der Waals surface area (Å²) >= 11 is 3.21. The minimum atomic E-state index is -3.57. The highest BCUT2D eigenvalue weighted by Crippen LogP contribution is 2.22. The van der Waals surface area contributed by atoms with Crippen LogP contribution in [0.5, 0.6) is 0 Å². The molecule has 0 saturated heterocycles. The molecule has 0 saturated carbocycles. The fourth-order valence-electron chi connectivity index (χ4n) is 1.32. The summed E-state index contributed by atoms with van der Waals surface area (Å²) in [5.74, 6) is 0. The minimum Gasteiger partial charge on any atom is -0.398 e. The maximum absolute atomic E-state index is 12.0. The Hall–Kier alpha value is -1.38. The average Bonchev–Trinajstić information content (AvgIpc) is 2.83. The third kappa shape index (κ3) is 2.89. The number of nitrogen functional groups attached to an aromatic ring is 1. The molecule has 96 valence electrons. The lowest BCUT2D eigenvalue weighted by Gasteiger charge is -2.07. The van der Waals surface area contributed by atoms with E-state index < -0.39 is 10.0 Å². The van der Waals surface area contributed by atoms with Gasteiger partial charge in [0.05, 0.1) is 11.1 Å². The van der Waals surface area contributed by atoms with Gasteiger partial charge in [0.1, 0.15) is 0 Å². The van der Waals surface area contributed by atoms with Crippen LogP contribution in [-0.2, 0) is 16.6 Å². The number of nitrogens with zero attached hydrogens (tertiary/aromatic N) is 1. The first-order chi connectivity index (χ1) is 8.49. The van der Waals surface area contributed by atoms with Crippen molar-refractivity contribution in [3.8, 4) is 0 Å². The molecule has 4 N–H and O–H groups in total. The summed E-state index contributed by atoms with van der Waals surface area (Å²) in [6.07, 6.45) is 3.18. The fourth-order valence-corrected chi connectivity index (χ4v) is 2.62. The molecule has 8 heteroatoms. The maximum atomic E-state index is 12.0. The number of aromatic amines is 1. The predicted molar refractivity (Wildman–Crippen MR) is 71.2 cm³/mol. The zero-order chi connectivity index (χ0) is 13.2. The van der Waals surface area contributed by atoms with Gasteiger partial charge >= 0.3 is 0 Å². The van der Waals surface area contributed by atoms with Gasteiger partial charge in [0, 0.05) is 28.5 Å². The van der Waals surface area contributed by atoms with Crippen molar-refractivity contribution in [1.82, 2.24) is 14.9 Å². The second-order valence-electron chi connectivity index (χ2n) is 3.61.